The van der Waals surface area contributed by atoms with Crippen molar-refractivity contribution in [1.82, 2.24) is 14.9 Å². The number of carbonyl (C=O) groups excluding carboxylic acids is 1. The Hall–Kier alpha value is -2.18. The minimum absolute atomic E-state index is 0.125. The SMILES string of the molecule is CCn1c(-c2nc(C(=O)NC(C)(C)CO)cs2)cc2ccccc21. The average molecular weight is 343 g/mol. The number of nitrogens with zero attached hydrogens (tertiary/aromatic N) is 2. The number of thiazole rings is 1. The smallest absolute Gasteiger partial charge is 0.271 e. The highest BCUT2D eigenvalue weighted by molar-refractivity contribution is 7.13. The van der Waals surface area contributed by atoms with Gasteiger partial charge in [0.2, 0.25) is 0 Å². The number of nitrogens with one attached hydrogen (secondary N) is 1. The molecular formula is C18H21N3O2S. The first-order chi connectivity index (χ1) is 11.4. The van der Waals surface area contributed by atoms with Gasteiger partial charge >= 0.3 is 0 Å². The zero-order chi connectivity index (χ0) is 17.3. The highest BCUT2D eigenvalue weighted by atomic mass is 32.1. The molecule has 0 aliphatic carbocycles. The van der Waals surface area contributed by atoms with E-state index in [4.69, 9.17) is 0 Å². The molecule has 1 aromatic carbocycles. The van der Waals surface area contributed by atoms with Crippen LogP contribution in [0.4, 0.5) is 0 Å². The number of aliphatic hydroxyl groups excluding tert-OH is 1. The summed E-state index contributed by atoms with van der Waals surface area (Å²) in [5, 5.41) is 15.8. The van der Waals surface area contributed by atoms with Crippen molar-refractivity contribution in [1.29, 1.82) is 0 Å². The standard InChI is InChI=1S/C18H21N3O2S/c1-4-21-14-8-6-5-7-12(14)9-15(21)17-19-13(10-24-17)16(23)20-18(2,3)11-22/h5-10,22H,4,11H2,1-3H3,(H,20,23). The zero-order valence-electron chi connectivity index (χ0n) is 14.0. The van der Waals surface area contributed by atoms with Crippen molar-refractivity contribution in [3.8, 4) is 10.7 Å². The van der Waals surface area contributed by atoms with Crippen LogP contribution in [0.3, 0.4) is 0 Å². The van der Waals surface area contributed by atoms with E-state index in [1.165, 1.54) is 11.3 Å². The summed E-state index contributed by atoms with van der Waals surface area (Å²) in [4.78, 5) is 16.8. The molecule has 0 saturated heterocycles. The lowest BCUT2D eigenvalue weighted by atomic mass is 10.1. The predicted molar refractivity (Wildman–Crippen MR) is 97.4 cm³/mol. The molecule has 0 bridgehead atoms. The van der Waals surface area contributed by atoms with Gasteiger partial charge in [0.25, 0.3) is 5.91 Å². The Labute approximate surface area is 145 Å². The molecule has 3 rings (SSSR count). The number of aliphatic hydroxyl groups is 1. The van der Waals surface area contributed by atoms with Gasteiger partial charge in [-0.15, -0.1) is 11.3 Å². The second-order valence-electron chi connectivity index (χ2n) is 6.37. The molecule has 2 aromatic heterocycles. The van der Waals surface area contributed by atoms with Crippen molar-refractivity contribution >= 4 is 28.1 Å². The van der Waals surface area contributed by atoms with Gasteiger partial charge < -0.3 is 15.0 Å². The molecule has 5 nitrogen and oxygen atoms in total. The van der Waals surface area contributed by atoms with E-state index in [1.807, 2.05) is 12.1 Å². The van der Waals surface area contributed by atoms with Crippen LogP contribution in [0.25, 0.3) is 21.6 Å². The predicted octanol–water partition coefficient (Wildman–Crippen LogP) is 3.29. The fourth-order valence-corrected chi connectivity index (χ4v) is 3.46. The van der Waals surface area contributed by atoms with Crippen LogP contribution >= 0.6 is 11.3 Å². The average Bonchev–Trinajstić information content (AvgIpc) is 3.18. The van der Waals surface area contributed by atoms with Crippen LogP contribution in [0.2, 0.25) is 0 Å². The molecular weight excluding hydrogens is 322 g/mol. The Morgan fingerprint density at radius 1 is 1.38 bits per heavy atom. The van der Waals surface area contributed by atoms with E-state index >= 15 is 0 Å². The highest BCUT2D eigenvalue weighted by Crippen LogP contribution is 2.30. The number of rotatable bonds is 5. The molecule has 0 spiro atoms. The van der Waals surface area contributed by atoms with E-state index in [1.54, 1.807) is 19.2 Å². The Balaban J connectivity index is 1.95. The molecule has 0 atom stereocenters. The van der Waals surface area contributed by atoms with Gasteiger partial charge in [-0.3, -0.25) is 4.79 Å². The van der Waals surface area contributed by atoms with Gasteiger partial charge in [-0.1, -0.05) is 18.2 Å². The summed E-state index contributed by atoms with van der Waals surface area (Å²) >= 11 is 1.45. The Bertz CT molecular complexity index is 879. The summed E-state index contributed by atoms with van der Waals surface area (Å²) in [6, 6.07) is 10.3. The van der Waals surface area contributed by atoms with Crippen LogP contribution in [0, 0.1) is 0 Å². The summed E-state index contributed by atoms with van der Waals surface area (Å²) in [5.74, 6) is -0.268. The van der Waals surface area contributed by atoms with Crippen LogP contribution in [0.15, 0.2) is 35.7 Å². The van der Waals surface area contributed by atoms with Crippen LogP contribution in [0.5, 0.6) is 0 Å². The number of hydrogen-bond donors (Lipinski definition) is 2. The number of para-hydroxylation sites is 1. The molecule has 0 fully saturated rings. The van der Waals surface area contributed by atoms with E-state index in [0.717, 1.165) is 28.1 Å². The number of hydrogen-bond acceptors (Lipinski definition) is 4. The normalized spacial score (nSPS) is 11.8. The van der Waals surface area contributed by atoms with Crippen molar-refractivity contribution in [2.45, 2.75) is 32.9 Å². The zero-order valence-corrected chi connectivity index (χ0v) is 14.9. The third-order valence-corrected chi connectivity index (χ3v) is 4.79. The van der Waals surface area contributed by atoms with Gasteiger partial charge in [-0.2, -0.15) is 0 Å². The monoisotopic (exact) mass is 343 g/mol. The minimum atomic E-state index is -0.667. The molecule has 0 radical (unpaired) electrons. The highest BCUT2D eigenvalue weighted by Gasteiger charge is 2.22. The molecule has 2 N–H and O–H groups in total. The minimum Gasteiger partial charge on any atom is -0.394 e. The van der Waals surface area contributed by atoms with Crippen LogP contribution < -0.4 is 5.32 Å². The molecule has 126 valence electrons. The van der Waals surface area contributed by atoms with Crippen molar-refractivity contribution in [2.75, 3.05) is 6.61 Å². The molecule has 0 saturated carbocycles. The lowest BCUT2D eigenvalue weighted by molar-refractivity contribution is 0.0865. The summed E-state index contributed by atoms with van der Waals surface area (Å²) in [7, 11) is 0. The van der Waals surface area contributed by atoms with Crippen LogP contribution in [0.1, 0.15) is 31.3 Å². The third-order valence-electron chi connectivity index (χ3n) is 3.93. The molecule has 0 aliphatic heterocycles. The van der Waals surface area contributed by atoms with Gasteiger partial charge in [0.05, 0.1) is 17.8 Å². The Morgan fingerprint density at radius 3 is 2.83 bits per heavy atom. The molecule has 2 heterocycles. The van der Waals surface area contributed by atoms with E-state index in [-0.39, 0.29) is 12.5 Å². The molecule has 1 amide bonds. The van der Waals surface area contributed by atoms with Gasteiger partial charge in [0, 0.05) is 22.8 Å². The number of benzene rings is 1. The van der Waals surface area contributed by atoms with E-state index < -0.39 is 5.54 Å². The van der Waals surface area contributed by atoms with Crippen molar-refractivity contribution in [2.24, 2.45) is 0 Å². The summed E-state index contributed by atoms with van der Waals surface area (Å²) < 4.78 is 2.20. The van der Waals surface area contributed by atoms with Gasteiger partial charge in [0.15, 0.2) is 0 Å². The van der Waals surface area contributed by atoms with Gasteiger partial charge in [-0.25, -0.2) is 4.98 Å². The molecule has 0 aliphatic rings. The van der Waals surface area contributed by atoms with E-state index in [9.17, 15) is 9.90 Å². The topological polar surface area (TPSA) is 67.2 Å². The largest absolute Gasteiger partial charge is 0.394 e. The first kappa shape index (κ1) is 16.7. The maximum Gasteiger partial charge on any atom is 0.271 e. The number of carbonyl (C=O) groups is 1. The first-order valence-corrected chi connectivity index (χ1v) is 8.80. The Kier molecular flexibility index (Phi) is 4.43. The quantitative estimate of drug-likeness (QED) is 0.747. The van der Waals surface area contributed by atoms with Gasteiger partial charge in [0.1, 0.15) is 10.7 Å². The summed E-state index contributed by atoms with van der Waals surface area (Å²) in [5.41, 5.74) is 1.89. The molecule has 6 heteroatoms. The molecule has 3 aromatic rings. The fraction of sp³-hybridized carbons (Fsp3) is 0.333. The Morgan fingerprint density at radius 2 is 2.12 bits per heavy atom. The van der Waals surface area contributed by atoms with Crippen LogP contribution in [-0.2, 0) is 6.54 Å². The number of fused-ring (bicyclic) bond motifs is 1. The van der Waals surface area contributed by atoms with Crippen molar-refractivity contribution < 1.29 is 9.90 Å². The third kappa shape index (κ3) is 3.07. The maximum absolute atomic E-state index is 12.3. The number of amides is 1. The van der Waals surface area contributed by atoms with Crippen LogP contribution in [-0.4, -0.2) is 32.7 Å². The maximum atomic E-state index is 12.3. The number of aromatic nitrogens is 2. The fourth-order valence-electron chi connectivity index (χ4n) is 2.63. The second-order valence-corrected chi connectivity index (χ2v) is 7.22. The lowest BCUT2D eigenvalue weighted by Gasteiger charge is -2.22. The van der Waals surface area contributed by atoms with Crippen molar-refractivity contribution in [3.63, 3.8) is 0 Å². The van der Waals surface area contributed by atoms with E-state index in [0.29, 0.717) is 5.69 Å². The van der Waals surface area contributed by atoms with Crippen molar-refractivity contribution in [3.05, 3.63) is 41.4 Å². The summed E-state index contributed by atoms with van der Waals surface area (Å²) in [6.45, 7) is 6.35. The number of aryl methyl sites for hydroxylation is 1. The summed E-state index contributed by atoms with van der Waals surface area (Å²) in [6.07, 6.45) is 0. The second kappa shape index (κ2) is 6.37. The molecule has 24 heavy (non-hydrogen) atoms. The molecule has 0 unspecified atom stereocenters. The van der Waals surface area contributed by atoms with Gasteiger partial charge in [-0.05, 0) is 32.9 Å². The van der Waals surface area contributed by atoms with E-state index in [2.05, 4.69) is 40.0 Å². The lowest BCUT2D eigenvalue weighted by Crippen LogP contribution is -2.46. The first-order valence-electron chi connectivity index (χ1n) is 7.92.